The molecular weight excluding hydrogens is 234 g/mol. The van der Waals surface area contributed by atoms with Crippen LogP contribution < -0.4 is 5.32 Å². The zero-order valence-corrected chi connectivity index (χ0v) is 9.91. The number of phenolic OH excluding ortho intramolecular Hbond substituents is 1. The summed E-state index contributed by atoms with van der Waals surface area (Å²) in [6, 6.07) is 13.4. The van der Waals surface area contributed by atoms with Gasteiger partial charge in [-0.25, -0.2) is 0 Å². The molecular formula is C14H12ClNO. The molecule has 0 fully saturated rings. The summed E-state index contributed by atoms with van der Waals surface area (Å²) in [6.45, 7) is 0.789. The lowest BCUT2D eigenvalue weighted by atomic mass is 9.98. The van der Waals surface area contributed by atoms with Gasteiger partial charge in [0.05, 0.1) is 6.04 Å². The molecule has 0 saturated carbocycles. The van der Waals surface area contributed by atoms with Crippen molar-refractivity contribution in [2.45, 2.75) is 12.6 Å². The van der Waals surface area contributed by atoms with Gasteiger partial charge in [0.15, 0.2) is 0 Å². The molecule has 1 aliphatic rings. The van der Waals surface area contributed by atoms with E-state index in [1.807, 2.05) is 36.4 Å². The number of halogens is 1. The summed E-state index contributed by atoms with van der Waals surface area (Å²) in [4.78, 5) is 0. The molecule has 0 aliphatic carbocycles. The van der Waals surface area contributed by atoms with Gasteiger partial charge in [0.1, 0.15) is 5.75 Å². The Hall–Kier alpha value is -1.51. The number of phenols is 1. The Balaban J connectivity index is 2.06. The summed E-state index contributed by atoms with van der Waals surface area (Å²) in [5.74, 6) is 0.354. The molecule has 2 N–H and O–H groups in total. The quantitative estimate of drug-likeness (QED) is 0.809. The van der Waals surface area contributed by atoms with Crippen LogP contribution in [0.2, 0.25) is 5.02 Å². The minimum atomic E-state index is 0.0588. The Bertz CT molecular complexity index is 551. The summed E-state index contributed by atoms with van der Waals surface area (Å²) in [5.41, 5.74) is 3.26. The number of hydrogen-bond donors (Lipinski definition) is 2. The van der Waals surface area contributed by atoms with Crippen LogP contribution in [0.25, 0.3) is 0 Å². The fourth-order valence-electron chi connectivity index (χ4n) is 2.34. The average molecular weight is 246 g/mol. The molecule has 0 bridgehead atoms. The lowest BCUT2D eigenvalue weighted by Crippen LogP contribution is -2.13. The van der Waals surface area contributed by atoms with Gasteiger partial charge in [-0.05, 0) is 29.3 Å². The molecule has 3 heteroatoms. The number of nitrogens with one attached hydrogen (secondary N) is 1. The monoisotopic (exact) mass is 245 g/mol. The number of hydrogen-bond acceptors (Lipinski definition) is 2. The molecule has 0 aromatic heterocycles. The molecule has 2 aromatic carbocycles. The van der Waals surface area contributed by atoms with E-state index >= 15 is 0 Å². The third-order valence-corrected chi connectivity index (χ3v) is 3.41. The molecule has 2 aromatic rings. The first kappa shape index (κ1) is 10.6. The maximum Gasteiger partial charge on any atom is 0.121 e. The van der Waals surface area contributed by atoms with Gasteiger partial charge in [-0.3, -0.25) is 0 Å². The van der Waals surface area contributed by atoms with Gasteiger partial charge >= 0.3 is 0 Å². The smallest absolute Gasteiger partial charge is 0.121 e. The van der Waals surface area contributed by atoms with Crippen LogP contribution in [0.15, 0.2) is 42.5 Å². The summed E-state index contributed by atoms with van der Waals surface area (Å²) in [6.07, 6.45) is 0. The number of rotatable bonds is 1. The predicted molar refractivity (Wildman–Crippen MR) is 68.2 cm³/mol. The van der Waals surface area contributed by atoms with Crippen LogP contribution in [0.5, 0.6) is 5.75 Å². The molecule has 86 valence electrons. The number of benzene rings is 2. The van der Waals surface area contributed by atoms with Crippen molar-refractivity contribution in [1.82, 2.24) is 5.32 Å². The average Bonchev–Trinajstić information content (AvgIpc) is 2.75. The van der Waals surface area contributed by atoms with Crippen molar-refractivity contribution in [3.8, 4) is 5.75 Å². The van der Waals surface area contributed by atoms with Crippen LogP contribution in [0.4, 0.5) is 0 Å². The first-order valence-corrected chi connectivity index (χ1v) is 5.93. The van der Waals surface area contributed by atoms with E-state index in [0.717, 1.165) is 28.3 Å². The maximum atomic E-state index is 9.95. The zero-order valence-electron chi connectivity index (χ0n) is 9.15. The molecule has 2 nitrogen and oxygen atoms in total. The molecule has 17 heavy (non-hydrogen) atoms. The SMILES string of the molecule is Oc1cccc2c1C(c1ccc(Cl)cc1)NC2. The van der Waals surface area contributed by atoms with Crippen LogP contribution in [-0.2, 0) is 6.54 Å². The minimum absolute atomic E-state index is 0.0588. The van der Waals surface area contributed by atoms with E-state index in [1.165, 1.54) is 0 Å². The van der Waals surface area contributed by atoms with Gasteiger partial charge in [-0.15, -0.1) is 0 Å². The molecule has 0 amide bonds. The van der Waals surface area contributed by atoms with E-state index in [0.29, 0.717) is 5.75 Å². The van der Waals surface area contributed by atoms with Crippen LogP contribution in [0, 0.1) is 0 Å². The zero-order chi connectivity index (χ0) is 11.8. The Labute approximate surface area is 105 Å². The van der Waals surface area contributed by atoms with Gasteiger partial charge < -0.3 is 10.4 Å². The van der Waals surface area contributed by atoms with Crippen LogP contribution in [0.1, 0.15) is 22.7 Å². The first-order chi connectivity index (χ1) is 8.25. The summed E-state index contributed by atoms with van der Waals surface area (Å²) in [5, 5.41) is 14.1. The molecule has 1 aliphatic heterocycles. The topological polar surface area (TPSA) is 32.3 Å². The fourth-order valence-corrected chi connectivity index (χ4v) is 2.47. The largest absolute Gasteiger partial charge is 0.508 e. The van der Waals surface area contributed by atoms with E-state index in [9.17, 15) is 5.11 Å². The Morgan fingerprint density at radius 1 is 1.12 bits per heavy atom. The van der Waals surface area contributed by atoms with E-state index in [-0.39, 0.29) is 6.04 Å². The lowest BCUT2D eigenvalue weighted by Gasteiger charge is -2.13. The first-order valence-electron chi connectivity index (χ1n) is 5.55. The van der Waals surface area contributed by atoms with Gasteiger partial charge in [-0.2, -0.15) is 0 Å². The van der Waals surface area contributed by atoms with Crippen LogP contribution in [0.3, 0.4) is 0 Å². The van der Waals surface area contributed by atoms with Crippen molar-refractivity contribution >= 4 is 11.6 Å². The summed E-state index contributed by atoms with van der Waals surface area (Å²) < 4.78 is 0. The lowest BCUT2D eigenvalue weighted by molar-refractivity contribution is 0.464. The van der Waals surface area contributed by atoms with Crippen LogP contribution >= 0.6 is 11.6 Å². The molecule has 0 radical (unpaired) electrons. The normalized spacial score (nSPS) is 18.1. The Morgan fingerprint density at radius 3 is 2.65 bits per heavy atom. The molecule has 1 heterocycles. The Kier molecular flexibility index (Phi) is 2.54. The highest BCUT2D eigenvalue weighted by Crippen LogP contribution is 2.36. The third kappa shape index (κ3) is 1.79. The van der Waals surface area contributed by atoms with E-state index in [1.54, 1.807) is 6.07 Å². The summed E-state index contributed by atoms with van der Waals surface area (Å²) >= 11 is 5.88. The highest BCUT2D eigenvalue weighted by Gasteiger charge is 2.25. The van der Waals surface area contributed by atoms with Gasteiger partial charge in [0.25, 0.3) is 0 Å². The molecule has 3 rings (SSSR count). The van der Waals surface area contributed by atoms with Gasteiger partial charge in [0.2, 0.25) is 0 Å². The van der Waals surface area contributed by atoms with E-state index in [4.69, 9.17) is 11.6 Å². The van der Waals surface area contributed by atoms with Crippen molar-refractivity contribution in [2.75, 3.05) is 0 Å². The molecule has 0 spiro atoms. The molecule has 1 atom stereocenters. The molecule has 0 saturated heterocycles. The van der Waals surface area contributed by atoms with Crippen molar-refractivity contribution < 1.29 is 5.11 Å². The van der Waals surface area contributed by atoms with Crippen molar-refractivity contribution in [3.05, 3.63) is 64.2 Å². The summed E-state index contributed by atoms with van der Waals surface area (Å²) in [7, 11) is 0. The number of fused-ring (bicyclic) bond motifs is 1. The Morgan fingerprint density at radius 2 is 1.88 bits per heavy atom. The van der Waals surface area contributed by atoms with Gasteiger partial charge in [0, 0.05) is 17.1 Å². The van der Waals surface area contributed by atoms with Gasteiger partial charge in [-0.1, -0.05) is 35.9 Å². The standard InChI is InChI=1S/C14H12ClNO/c15-11-6-4-9(5-7-11)14-13-10(8-16-14)2-1-3-12(13)17/h1-7,14,16-17H,8H2. The van der Waals surface area contributed by atoms with E-state index in [2.05, 4.69) is 5.32 Å². The van der Waals surface area contributed by atoms with Crippen molar-refractivity contribution in [3.63, 3.8) is 0 Å². The third-order valence-electron chi connectivity index (χ3n) is 3.16. The predicted octanol–water partition coefficient (Wildman–Crippen LogP) is 3.24. The highest BCUT2D eigenvalue weighted by atomic mass is 35.5. The van der Waals surface area contributed by atoms with Crippen LogP contribution in [-0.4, -0.2) is 5.11 Å². The highest BCUT2D eigenvalue weighted by molar-refractivity contribution is 6.30. The minimum Gasteiger partial charge on any atom is -0.508 e. The number of aromatic hydroxyl groups is 1. The second-order valence-electron chi connectivity index (χ2n) is 4.22. The van der Waals surface area contributed by atoms with Crippen molar-refractivity contribution in [2.24, 2.45) is 0 Å². The molecule has 1 unspecified atom stereocenters. The van der Waals surface area contributed by atoms with Crippen molar-refractivity contribution in [1.29, 1.82) is 0 Å². The van der Waals surface area contributed by atoms with E-state index < -0.39 is 0 Å². The fraction of sp³-hybridized carbons (Fsp3) is 0.143. The second kappa shape index (κ2) is 4.06. The maximum absolute atomic E-state index is 9.95. The second-order valence-corrected chi connectivity index (χ2v) is 4.65.